The molecule has 0 radical (unpaired) electrons. The maximum Gasteiger partial charge on any atom is 0.208 e. The van der Waals surface area contributed by atoms with Crippen LogP contribution in [0.4, 0.5) is 0 Å². The van der Waals surface area contributed by atoms with E-state index in [0.717, 1.165) is 13.0 Å². The fraction of sp³-hybridized carbons (Fsp3) is 0.438. The highest BCUT2D eigenvalue weighted by atomic mass is 15.0. The number of rotatable bonds is 2. The standard InChI is InChI=1S/C16H22N/c1-5-6-7-15-13(3)10-14(4)16-9-8-12(2)11-17(15)16/h6-10,12H,5,11H2,1-4H3/q+1/b7-6+. The third-order valence-corrected chi connectivity index (χ3v) is 3.39. The first-order chi connectivity index (χ1) is 8.13. The normalized spacial score (nSPS) is 18.7. The zero-order valence-electron chi connectivity index (χ0n) is 11.3. The third kappa shape index (κ3) is 2.33. The summed E-state index contributed by atoms with van der Waals surface area (Å²) in [5.41, 5.74) is 5.48. The van der Waals surface area contributed by atoms with Crippen LogP contribution in [0.1, 0.15) is 42.8 Å². The van der Waals surface area contributed by atoms with Crippen molar-refractivity contribution < 1.29 is 4.57 Å². The van der Waals surface area contributed by atoms with Crippen molar-refractivity contribution in [2.45, 2.75) is 40.7 Å². The second-order valence-electron chi connectivity index (χ2n) is 5.04. The Morgan fingerprint density at radius 3 is 2.82 bits per heavy atom. The number of allylic oxidation sites excluding steroid dienone is 2. The van der Waals surface area contributed by atoms with Crippen LogP contribution in [0, 0.1) is 19.8 Å². The van der Waals surface area contributed by atoms with Gasteiger partial charge in [0, 0.05) is 29.2 Å². The number of aryl methyl sites for hydroxylation is 2. The second-order valence-corrected chi connectivity index (χ2v) is 5.04. The summed E-state index contributed by atoms with van der Waals surface area (Å²) >= 11 is 0. The molecule has 17 heavy (non-hydrogen) atoms. The Bertz CT molecular complexity index is 481. The molecule has 90 valence electrons. The molecule has 1 aliphatic heterocycles. The summed E-state index contributed by atoms with van der Waals surface area (Å²) in [4.78, 5) is 0. The number of fused-ring (bicyclic) bond motifs is 1. The molecule has 0 saturated heterocycles. The first-order valence-corrected chi connectivity index (χ1v) is 6.52. The van der Waals surface area contributed by atoms with Gasteiger partial charge in [-0.2, -0.15) is 4.57 Å². The lowest BCUT2D eigenvalue weighted by molar-refractivity contribution is -0.706. The van der Waals surface area contributed by atoms with Crippen LogP contribution in [0.15, 0.2) is 18.2 Å². The molecule has 0 amide bonds. The average Bonchev–Trinajstić information content (AvgIpc) is 2.28. The fourth-order valence-electron chi connectivity index (χ4n) is 2.50. The van der Waals surface area contributed by atoms with Crippen molar-refractivity contribution in [2.24, 2.45) is 5.92 Å². The van der Waals surface area contributed by atoms with Crippen molar-refractivity contribution in [1.82, 2.24) is 0 Å². The number of hydrogen-bond donors (Lipinski definition) is 0. The topological polar surface area (TPSA) is 3.88 Å². The van der Waals surface area contributed by atoms with E-state index < -0.39 is 0 Å². The minimum Gasteiger partial charge on any atom is -0.191 e. The van der Waals surface area contributed by atoms with Crippen molar-refractivity contribution in [3.05, 3.63) is 40.7 Å². The molecule has 1 nitrogen and oxygen atoms in total. The molecule has 1 atom stereocenters. The van der Waals surface area contributed by atoms with Crippen molar-refractivity contribution in [3.8, 4) is 0 Å². The summed E-state index contributed by atoms with van der Waals surface area (Å²) in [6.45, 7) is 9.96. The molecular weight excluding hydrogens is 206 g/mol. The minimum absolute atomic E-state index is 0.627. The first kappa shape index (κ1) is 12.1. The molecule has 0 fully saturated rings. The number of nitrogens with zero attached hydrogens (tertiary/aromatic N) is 1. The predicted molar refractivity (Wildman–Crippen MR) is 73.6 cm³/mol. The van der Waals surface area contributed by atoms with Gasteiger partial charge in [-0.05, 0) is 26.3 Å². The predicted octanol–water partition coefficient (Wildman–Crippen LogP) is 3.68. The van der Waals surface area contributed by atoms with Crippen LogP contribution in [0.5, 0.6) is 0 Å². The highest BCUT2D eigenvalue weighted by Crippen LogP contribution is 2.18. The van der Waals surface area contributed by atoms with Gasteiger partial charge in [-0.25, -0.2) is 0 Å². The SMILES string of the molecule is CC/C=C/c1c(C)cc(C)c2[n+]1CC(C)C=C2. The lowest BCUT2D eigenvalue weighted by atomic mass is 10.0. The van der Waals surface area contributed by atoms with Gasteiger partial charge >= 0.3 is 0 Å². The molecule has 1 unspecified atom stereocenters. The van der Waals surface area contributed by atoms with E-state index in [-0.39, 0.29) is 0 Å². The lowest BCUT2D eigenvalue weighted by Gasteiger charge is -2.15. The molecule has 2 rings (SSSR count). The van der Waals surface area contributed by atoms with Crippen molar-refractivity contribution >= 4 is 12.2 Å². The van der Waals surface area contributed by atoms with Crippen molar-refractivity contribution in [2.75, 3.05) is 0 Å². The molecule has 0 aliphatic carbocycles. The molecule has 1 aromatic heterocycles. The summed E-state index contributed by atoms with van der Waals surface area (Å²) in [5.74, 6) is 0.627. The van der Waals surface area contributed by atoms with E-state index >= 15 is 0 Å². The summed E-state index contributed by atoms with van der Waals surface area (Å²) in [6.07, 6.45) is 10.2. The number of hydrogen-bond acceptors (Lipinski definition) is 0. The van der Waals surface area contributed by atoms with E-state index in [2.05, 4.69) is 62.6 Å². The van der Waals surface area contributed by atoms with Gasteiger partial charge in [0.25, 0.3) is 0 Å². The molecule has 0 N–H and O–H groups in total. The Morgan fingerprint density at radius 1 is 1.35 bits per heavy atom. The van der Waals surface area contributed by atoms with Crippen LogP contribution in [0.3, 0.4) is 0 Å². The maximum atomic E-state index is 2.46. The van der Waals surface area contributed by atoms with Gasteiger partial charge < -0.3 is 0 Å². The summed E-state index contributed by atoms with van der Waals surface area (Å²) < 4.78 is 2.46. The minimum atomic E-state index is 0.627. The molecule has 1 aromatic rings. The Balaban J connectivity index is 2.59. The van der Waals surface area contributed by atoms with Crippen LogP contribution in [-0.4, -0.2) is 0 Å². The van der Waals surface area contributed by atoms with Crippen LogP contribution < -0.4 is 4.57 Å². The van der Waals surface area contributed by atoms with E-state index in [1.54, 1.807) is 0 Å². The zero-order valence-corrected chi connectivity index (χ0v) is 11.3. The van der Waals surface area contributed by atoms with E-state index in [1.165, 1.54) is 22.5 Å². The molecule has 2 heterocycles. The van der Waals surface area contributed by atoms with Crippen LogP contribution in [0.25, 0.3) is 12.2 Å². The van der Waals surface area contributed by atoms with Gasteiger partial charge in [0.1, 0.15) is 0 Å². The lowest BCUT2D eigenvalue weighted by Crippen LogP contribution is -2.45. The van der Waals surface area contributed by atoms with E-state index in [0.29, 0.717) is 5.92 Å². The van der Waals surface area contributed by atoms with E-state index in [1.807, 2.05) is 0 Å². The average molecular weight is 228 g/mol. The van der Waals surface area contributed by atoms with Gasteiger partial charge in [0.15, 0.2) is 6.54 Å². The molecule has 1 aliphatic rings. The van der Waals surface area contributed by atoms with Gasteiger partial charge in [-0.1, -0.05) is 26.0 Å². The molecule has 0 aromatic carbocycles. The quantitative estimate of drug-likeness (QED) is 0.680. The maximum absolute atomic E-state index is 2.46. The monoisotopic (exact) mass is 228 g/mol. The molecule has 1 heteroatoms. The fourth-order valence-corrected chi connectivity index (χ4v) is 2.50. The van der Waals surface area contributed by atoms with Gasteiger partial charge in [0.05, 0.1) is 0 Å². The molecular formula is C16H22N+. The highest BCUT2D eigenvalue weighted by Gasteiger charge is 2.23. The van der Waals surface area contributed by atoms with Crippen LogP contribution in [-0.2, 0) is 6.54 Å². The highest BCUT2D eigenvalue weighted by molar-refractivity contribution is 5.53. The smallest absolute Gasteiger partial charge is 0.191 e. The Labute approximate surface area is 104 Å². The summed E-state index contributed by atoms with van der Waals surface area (Å²) in [7, 11) is 0. The Morgan fingerprint density at radius 2 is 2.12 bits per heavy atom. The molecule has 0 saturated carbocycles. The number of aromatic nitrogens is 1. The molecule has 0 bridgehead atoms. The third-order valence-electron chi connectivity index (χ3n) is 3.39. The van der Waals surface area contributed by atoms with Gasteiger partial charge in [-0.15, -0.1) is 0 Å². The van der Waals surface area contributed by atoms with E-state index in [4.69, 9.17) is 0 Å². The van der Waals surface area contributed by atoms with Gasteiger partial charge in [-0.3, -0.25) is 0 Å². The summed E-state index contributed by atoms with van der Waals surface area (Å²) in [5, 5.41) is 0. The number of pyridine rings is 1. The van der Waals surface area contributed by atoms with E-state index in [9.17, 15) is 0 Å². The van der Waals surface area contributed by atoms with Crippen molar-refractivity contribution in [3.63, 3.8) is 0 Å². The molecule has 0 spiro atoms. The summed E-state index contributed by atoms with van der Waals surface area (Å²) in [6, 6.07) is 2.29. The van der Waals surface area contributed by atoms with Crippen LogP contribution in [0.2, 0.25) is 0 Å². The second kappa shape index (κ2) is 4.87. The first-order valence-electron chi connectivity index (χ1n) is 6.52. The largest absolute Gasteiger partial charge is 0.208 e. The Hall–Kier alpha value is -1.37. The zero-order chi connectivity index (χ0) is 12.4. The van der Waals surface area contributed by atoms with Gasteiger partial charge in [0.2, 0.25) is 11.4 Å². The van der Waals surface area contributed by atoms with Crippen molar-refractivity contribution in [1.29, 1.82) is 0 Å². The Kier molecular flexibility index (Phi) is 3.46. The van der Waals surface area contributed by atoms with Crippen LogP contribution >= 0.6 is 0 Å².